The first-order valence-electron chi connectivity index (χ1n) is 4.44. The second-order valence-corrected chi connectivity index (χ2v) is 3.06. The molecule has 0 spiro atoms. The van der Waals surface area contributed by atoms with Gasteiger partial charge >= 0.3 is 0 Å². The average Bonchev–Trinajstić information content (AvgIpc) is 2.04. The third kappa shape index (κ3) is 3.13. The number of rotatable bonds is 4. The minimum absolute atomic E-state index is 0.120. The maximum Gasteiger partial charge on any atom is 0.0486 e. The van der Waals surface area contributed by atoms with Crippen molar-refractivity contribution in [3.8, 4) is 0 Å². The Bertz CT molecular complexity index is 249. The monoisotopic (exact) mass is 181 g/mol. The van der Waals surface area contributed by atoms with Gasteiger partial charge in [-0.1, -0.05) is 0 Å². The third-order valence-corrected chi connectivity index (χ3v) is 1.83. The van der Waals surface area contributed by atoms with Gasteiger partial charge in [0.2, 0.25) is 0 Å². The Morgan fingerprint density at radius 2 is 1.85 bits per heavy atom. The summed E-state index contributed by atoms with van der Waals surface area (Å²) in [6.45, 7) is 2.19. The molecule has 0 fully saturated rings. The van der Waals surface area contributed by atoms with Gasteiger partial charge in [-0.05, 0) is 31.0 Å². The molecule has 1 aromatic rings. The summed E-state index contributed by atoms with van der Waals surface area (Å²) in [5.41, 5.74) is 2.92. The lowest BCUT2D eigenvalue weighted by atomic mass is 10.1. The predicted molar refractivity (Wildman–Crippen MR) is 50.6 cm³/mol. The maximum absolute atomic E-state index is 8.76. The number of aryl methyl sites for hydroxylation is 1. The second-order valence-electron chi connectivity index (χ2n) is 3.06. The molecular formula is C10H15NO2. The largest absolute Gasteiger partial charge is 0.396 e. The standard InChI is InChI=1S/C10H15NO2/c1-8-6-9(2-4-12)7-10(11-8)3-5-13/h6-7,12-13H,2-5H2,1H3. The summed E-state index contributed by atoms with van der Waals surface area (Å²) in [4.78, 5) is 4.26. The lowest BCUT2D eigenvalue weighted by Gasteiger charge is -2.04. The lowest BCUT2D eigenvalue weighted by Crippen LogP contribution is -2.00. The van der Waals surface area contributed by atoms with E-state index in [-0.39, 0.29) is 13.2 Å². The summed E-state index contributed by atoms with van der Waals surface area (Å²) < 4.78 is 0. The molecule has 0 saturated heterocycles. The summed E-state index contributed by atoms with van der Waals surface area (Å²) >= 11 is 0. The molecule has 0 atom stereocenters. The van der Waals surface area contributed by atoms with Crippen molar-refractivity contribution in [2.24, 2.45) is 0 Å². The topological polar surface area (TPSA) is 53.4 Å². The highest BCUT2D eigenvalue weighted by atomic mass is 16.3. The van der Waals surface area contributed by atoms with Crippen LogP contribution in [0, 0.1) is 6.92 Å². The first-order valence-corrected chi connectivity index (χ1v) is 4.44. The number of aliphatic hydroxyl groups is 2. The lowest BCUT2D eigenvalue weighted by molar-refractivity contribution is 0.297. The van der Waals surface area contributed by atoms with Crippen LogP contribution in [0.15, 0.2) is 12.1 Å². The van der Waals surface area contributed by atoms with E-state index in [2.05, 4.69) is 4.98 Å². The number of nitrogens with zero attached hydrogens (tertiary/aromatic N) is 1. The highest BCUT2D eigenvalue weighted by Gasteiger charge is 1.99. The van der Waals surface area contributed by atoms with Gasteiger partial charge in [-0.2, -0.15) is 0 Å². The van der Waals surface area contributed by atoms with Crippen LogP contribution in [-0.4, -0.2) is 28.4 Å². The molecule has 72 valence electrons. The molecule has 0 aliphatic heterocycles. The zero-order chi connectivity index (χ0) is 9.68. The van der Waals surface area contributed by atoms with Gasteiger partial charge in [0, 0.05) is 31.0 Å². The molecular weight excluding hydrogens is 166 g/mol. The van der Waals surface area contributed by atoms with Gasteiger partial charge in [0.15, 0.2) is 0 Å². The van der Waals surface area contributed by atoms with Crippen LogP contribution in [0.4, 0.5) is 0 Å². The smallest absolute Gasteiger partial charge is 0.0486 e. The van der Waals surface area contributed by atoms with Crippen LogP contribution >= 0.6 is 0 Å². The minimum atomic E-state index is 0.120. The number of pyridine rings is 1. The van der Waals surface area contributed by atoms with Gasteiger partial charge in [0.05, 0.1) is 0 Å². The quantitative estimate of drug-likeness (QED) is 0.709. The van der Waals surface area contributed by atoms with E-state index >= 15 is 0 Å². The van der Waals surface area contributed by atoms with Crippen molar-refractivity contribution in [3.63, 3.8) is 0 Å². The van der Waals surface area contributed by atoms with Gasteiger partial charge in [-0.3, -0.25) is 4.98 Å². The first kappa shape index (κ1) is 10.2. The molecule has 1 rings (SSSR count). The van der Waals surface area contributed by atoms with Gasteiger partial charge in [0.25, 0.3) is 0 Å². The maximum atomic E-state index is 8.76. The van der Waals surface area contributed by atoms with Gasteiger partial charge < -0.3 is 10.2 Å². The van der Waals surface area contributed by atoms with E-state index < -0.39 is 0 Å². The molecule has 0 aliphatic rings. The van der Waals surface area contributed by atoms with Crippen LogP contribution in [0.1, 0.15) is 17.0 Å². The van der Waals surface area contributed by atoms with Crippen molar-refractivity contribution in [1.29, 1.82) is 0 Å². The normalized spacial score (nSPS) is 10.4. The van der Waals surface area contributed by atoms with E-state index in [0.717, 1.165) is 17.0 Å². The van der Waals surface area contributed by atoms with Crippen molar-refractivity contribution in [3.05, 3.63) is 29.1 Å². The van der Waals surface area contributed by atoms with E-state index in [4.69, 9.17) is 10.2 Å². The van der Waals surface area contributed by atoms with Crippen LogP contribution < -0.4 is 0 Å². The average molecular weight is 181 g/mol. The molecule has 0 aromatic carbocycles. The van der Waals surface area contributed by atoms with E-state index in [9.17, 15) is 0 Å². The van der Waals surface area contributed by atoms with Crippen LogP contribution in [-0.2, 0) is 12.8 Å². The fourth-order valence-corrected chi connectivity index (χ4v) is 1.33. The first-order chi connectivity index (χ1) is 6.26. The molecule has 13 heavy (non-hydrogen) atoms. The van der Waals surface area contributed by atoms with Crippen LogP contribution in [0.3, 0.4) is 0 Å². The number of hydrogen-bond acceptors (Lipinski definition) is 3. The molecule has 3 heteroatoms. The molecule has 1 aromatic heterocycles. The highest BCUT2D eigenvalue weighted by Crippen LogP contribution is 2.06. The van der Waals surface area contributed by atoms with E-state index in [1.165, 1.54) is 0 Å². The molecule has 0 radical (unpaired) electrons. The third-order valence-electron chi connectivity index (χ3n) is 1.83. The number of aromatic nitrogens is 1. The number of hydrogen-bond donors (Lipinski definition) is 2. The van der Waals surface area contributed by atoms with E-state index in [1.807, 2.05) is 19.1 Å². The van der Waals surface area contributed by atoms with Gasteiger partial charge in [-0.15, -0.1) is 0 Å². The summed E-state index contributed by atoms with van der Waals surface area (Å²) in [7, 11) is 0. The van der Waals surface area contributed by atoms with Crippen LogP contribution in [0.25, 0.3) is 0 Å². The highest BCUT2D eigenvalue weighted by molar-refractivity contribution is 5.21. The summed E-state index contributed by atoms with van der Waals surface area (Å²) in [5.74, 6) is 0. The van der Waals surface area contributed by atoms with E-state index in [1.54, 1.807) is 0 Å². The fourth-order valence-electron chi connectivity index (χ4n) is 1.33. The summed E-state index contributed by atoms with van der Waals surface area (Å²) in [5, 5.41) is 17.5. The van der Waals surface area contributed by atoms with Crippen LogP contribution in [0.2, 0.25) is 0 Å². The predicted octanol–water partition coefficient (Wildman–Crippen LogP) is 0.460. The van der Waals surface area contributed by atoms with Gasteiger partial charge in [-0.25, -0.2) is 0 Å². The Morgan fingerprint density at radius 3 is 2.46 bits per heavy atom. The molecule has 1 heterocycles. The SMILES string of the molecule is Cc1cc(CCO)cc(CCO)n1. The Balaban J connectivity index is 2.83. The zero-order valence-electron chi connectivity index (χ0n) is 7.82. The van der Waals surface area contributed by atoms with Crippen molar-refractivity contribution in [2.45, 2.75) is 19.8 Å². The Morgan fingerprint density at radius 1 is 1.15 bits per heavy atom. The zero-order valence-corrected chi connectivity index (χ0v) is 7.82. The number of aliphatic hydroxyl groups excluding tert-OH is 2. The summed E-state index contributed by atoms with van der Waals surface area (Å²) in [6, 6.07) is 3.89. The molecule has 3 nitrogen and oxygen atoms in total. The summed E-state index contributed by atoms with van der Waals surface area (Å²) in [6.07, 6.45) is 1.24. The molecule has 0 bridgehead atoms. The molecule has 0 amide bonds. The second kappa shape index (κ2) is 4.94. The molecule has 2 N–H and O–H groups in total. The Kier molecular flexibility index (Phi) is 3.86. The van der Waals surface area contributed by atoms with Gasteiger partial charge in [0.1, 0.15) is 0 Å². The van der Waals surface area contributed by atoms with Crippen molar-refractivity contribution < 1.29 is 10.2 Å². The van der Waals surface area contributed by atoms with Crippen molar-refractivity contribution in [1.82, 2.24) is 4.98 Å². The Labute approximate surface area is 78.1 Å². The molecule has 0 aliphatic carbocycles. The van der Waals surface area contributed by atoms with Crippen LogP contribution in [0.5, 0.6) is 0 Å². The molecule has 0 saturated carbocycles. The van der Waals surface area contributed by atoms with Crippen molar-refractivity contribution >= 4 is 0 Å². The Hall–Kier alpha value is -0.930. The molecule has 0 unspecified atom stereocenters. The van der Waals surface area contributed by atoms with E-state index in [0.29, 0.717) is 12.8 Å². The van der Waals surface area contributed by atoms with Crippen molar-refractivity contribution in [2.75, 3.05) is 13.2 Å². The minimum Gasteiger partial charge on any atom is -0.396 e. The fraction of sp³-hybridized carbons (Fsp3) is 0.500.